The topological polar surface area (TPSA) is 106 Å². The molecule has 0 radical (unpaired) electrons. The minimum Gasteiger partial charge on any atom is -0.426 e. The van der Waals surface area contributed by atoms with E-state index in [0.717, 1.165) is 22.3 Å². The number of amides is 1. The molecule has 2 aromatic carbocycles. The number of benzene rings is 2. The van der Waals surface area contributed by atoms with Crippen LogP contribution in [0, 0.1) is 18.3 Å². The van der Waals surface area contributed by atoms with Crippen LogP contribution in [-0.2, 0) is 17.6 Å². The summed E-state index contributed by atoms with van der Waals surface area (Å²) in [6.07, 6.45) is 4.43. The molecular weight excluding hydrogens is 413 g/mol. The Bertz CT molecular complexity index is 1140. The predicted octanol–water partition coefficient (Wildman–Crippen LogP) is 3.13. The molecule has 0 aliphatic rings. The van der Waals surface area contributed by atoms with Crippen molar-refractivity contribution in [2.75, 3.05) is 0 Å². The highest BCUT2D eigenvalue weighted by Crippen LogP contribution is 2.17. The maximum absolute atomic E-state index is 12.5. The van der Waals surface area contributed by atoms with Gasteiger partial charge >= 0.3 is 7.12 Å². The molecule has 1 heterocycles. The number of nitrogens with one attached hydrogen (secondary N) is 1. The lowest BCUT2D eigenvalue weighted by atomic mass is 9.75. The van der Waals surface area contributed by atoms with E-state index in [4.69, 9.17) is 0 Å². The molecule has 6 nitrogen and oxygen atoms in total. The van der Waals surface area contributed by atoms with Crippen LogP contribution in [0.5, 0.6) is 0 Å². The molecular formula is C26H26BN3O3. The van der Waals surface area contributed by atoms with Crippen molar-refractivity contribution in [2.45, 2.75) is 32.1 Å². The quantitative estimate of drug-likeness (QED) is 0.351. The summed E-state index contributed by atoms with van der Waals surface area (Å²) in [5.41, 5.74) is 4.88. The van der Waals surface area contributed by atoms with Crippen LogP contribution in [0.4, 0.5) is 0 Å². The largest absolute Gasteiger partial charge is 0.475 e. The van der Waals surface area contributed by atoms with Gasteiger partial charge in [0.1, 0.15) is 6.07 Å². The number of hydrogen-bond acceptors (Lipinski definition) is 5. The molecule has 3 rings (SSSR count). The fraction of sp³-hybridized carbons (Fsp3) is 0.192. The number of pyridine rings is 1. The standard InChI is InChI=1S/C26H26BN3O3/c1-19-8-10-21(11-9-19)17-25(27(32)33)30-26(31)13-12-20-5-4-6-22(15-20)16-23(18-28)24-7-2-3-14-29-24/h2-11,14-16,25,32-33H,12-13,17H2,1H3,(H,30,31)/t25-/m0/s1. The molecule has 0 fully saturated rings. The summed E-state index contributed by atoms with van der Waals surface area (Å²) in [5.74, 6) is -1.04. The van der Waals surface area contributed by atoms with Crippen molar-refractivity contribution >= 4 is 24.7 Å². The molecule has 3 aromatic rings. The number of nitrogens with zero attached hydrogens (tertiary/aromatic N) is 2. The van der Waals surface area contributed by atoms with Crippen molar-refractivity contribution in [1.29, 1.82) is 5.26 Å². The molecule has 33 heavy (non-hydrogen) atoms. The van der Waals surface area contributed by atoms with E-state index < -0.39 is 13.1 Å². The van der Waals surface area contributed by atoms with Crippen LogP contribution in [-0.4, -0.2) is 34.0 Å². The smallest absolute Gasteiger partial charge is 0.426 e. The van der Waals surface area contributed by atoms with Gasteiger partial charge < -0.3 is 15.4 Å². The summed E-state index contributed by atoms with van der Waals surface area (Å²) in [6, 6.07) is 22.9. The van der Waals surface area contributed by atoms with Gasteiger partial charge in [-0.1, -0.05) is 60.2 Å². The predicted molar refractivity (Wildman–Crippen MR) is 129 cm³/mol. The summed E-state index contributed by atoms with van der Waals surface area (Å²) in [6.45, 7) is 1.98. The number of carbonyl (C=O) groups is 1. The number of carbonyl (C=O) groups excluding carboxylic acids is 1. The van der Waals surface area contributed by atoms with E-state index in [9.17, 15) is 20.1 Å². The fourth-order valence-corrected chi connectivity index (χ4v) is 3.44. The zero-order chi connectivity index (χ0) is 23.6. The van der Waals surface area contributed by atoms with E-state index in [1.807, 2.05) is 61.5 Å². The third-order valence-electron chi connectivity index (χ3n) is 5.25. The Balaban J connectivity index is 1.61. The highest BCUT2D eigenvalue weighted by atomic mass is 16.4. The molecule has 0 aliphatic heterocycles. The molecule has 1 amide bonds. The van der Waals surface area contributed by atoms with Crippen LogP contribution < -0.4 is 5.32 Å². The third kappa shape index (κ3) is 7.42. The number of nitriles is 1. The maximum Gasteiger partial charge on any atom is 0.475 e. The second-order valence-electron chi connectivity index (χ2n) is 7.91. The number of aryl methyl sites for hydroxylation is 2. The Labute approximate surface area is 194 Å². The lowest BCUT2D eigenvalue weighted by Crippen LogP contribution is -2.47. The molecule has 1 atom stereocenters. The average Bonchev–Trinajstić information content (AvgIpc) is 2.83. The van der Waals surface area contributed by atoms with Crippen molar-refractivity contribution in [3.8, 4) is 6.07 Å². The number of rotatable bonds is 9. The second kappa shape index (κ2) is 11.8. The van der Waals surface area contributed by atoms with Gasteiger partial charge in [0, 0.05) is 12.6 Å². The van der Waals surface area contributed by atoms with Crippen LogP contribution in [0.25, 0.3) is 11.6 Å². The molecule has 0 saturated carbocycles. The zero-order valence-electron chi connectivity index (χ0n) is 18.5. The van der Waals surface area contributed by atoms with Gasteiger partial charge in [-0.15, -0.1) is 0 Å². The first-order valence-electron chi connectivity index (χ1n) is 10.8. The lowest BCUT2D eigenvalue weighted by molar-refractivity contribution is -0.121. The fourth-order valence-electron chi connectivity index (χ4n) is 3.44. The minimum atomic E-state index is -1.65. The van der Waals surface area contributed by atoms with E-state index >= 15 is 0 Å². The molecule has 0 bridgehead atoms. The van der Waals surface area contributed by atoms with Gasteiger partial charge in [0.05, 0.1) is 17.2 Å². The number of hydrogen-bond donors (Lipinski definition) is 3. The van der Waals surface area contributed by atoms with Gasteiger partial charge in [-0.25, -0.2) is 0 Å². The summed E-state index contributed by atoms with van der Waals surface area (Å²) >= 11 is 0. The molecule has 0 aliphatic carbocycles. The summed E-state index contributed by atoms with van der Waals surface area (Å²) in [5, 5.41) is 31.6. The molecule has 0 unspecified atom stereocenters. The van der Waals surface area contributed by atoms with Gasteiger partial charge in [0.2, 0.25) is 5.91 Å². The Morgan fingerprint density at radius 3 is 2.58 bits per heavy atom. The average molecular weight is 439 g/mol. The lowest BCUT2D eigenvalue weighted by Gasteiger charge is -2.18. The number of aromatic nitrogens is 1. The SMILES string of the molecule is Cc1ccc(C[C@H](NC(=O)CCc2cccc(C=C(C#N)c3ccccn3)c2)B(O)O)cc1. The molecule has 166 valence electrons. The van der Waals surface area contributed by atoms with Gasteiger partial charge in [0.15, 0.2) is 0 Å². The van der Waals surface area contributed by atoms with Crippen molar-refractivity contribution in [1.82, 2.24) is 10.3 Å². The number of allylic oxidation sites excluding steroid dienone is 1. The van der Waals surface area contributed by atoms with E-state index in [1.54, 1.807) is 24.4 Å². The highest BCUT2D eigenvalue weighted by molar-refractivity contribution is 6.43. The molecule has 0 spiro atoms. The minimum absolute atomic E-state index is 0.204. The third-order valence-corrected chi connectivity index (χ3v) is 5.25. The van der Waals surface area contributed by atoms with Gasteiger partial charge in [-0.3, -0.25) is 9.78 Å². The monoisotopic (exact) mass is 439 g/mol. The molecule has 7 heteroatoms. The van der Waals surface area contributed by atoms with Crippen molar-refractivity contribution in [2.24, 2.45) is 0 Å². The highest BCUT2D eigenvalue weighted by Gasteiger charge is 2.25. The van der Waals surface area contributed by atoms with Gasteiger partial charge in [0.25, 0.3) is 0 Å². The summed E-state index contributed by atoms with van der Waals surface area (Å²) in [7, 11) is -1.65. The maximum atomic E-state index is 12.5. The van der Waals surface area contributed by atoms with E-state index in [2.05, 4.69) is 16.4 Å². The van der Waals surface area contributed by atoms with Crippen molar-refractivity contribution in [3.05, 3.63) is 101 Å². The second-order valence-corrected chi connectivity index (χ2v) is 7.91. The normalized spacial score (nSPS) is 12.0. The first-order valence-corrected chi connectivity index (χ1v) is 10.8. The zero-order valence-corrected chi connectivity index (χ0v) is 18.5. The van der Waals surface area contributed by atoms with E-state index in [1.165, 1.54) is 0 Å². The van der Waals surface area contributed by atoms with Crippen LogP contribution in [0.2, 0.25) is 0 Å². The van der Waals surface area contributed by atoms with E-state index in [-0.39, 0.29) is 12.3 Å². The summed E-state index contributed by atoms with van der Waals surface area (Å²) in [4.78, 5) is 16.7. The van der Waals surface area contributed by atoms with Crippen LogP contribution in [0.1, 0.15) is 34.4 Å². The first kappa shape index (κ1) is 23.9. The first-order chi connectivity index (χ1) is 15.9. The Morgan fingerprint density at radius 2 is 1.91 bits per heavy atom. The summed E-state index contributed by atoms with van der Waals surface area (Å²) < 4.78 is 0. The van der Waals surface area contributed by atoms with Crippen molar-refractivity contribution < 1.29 is 14.8 Å². The van der Waals surface area contributed by atoms with Crippen LogP contribution >= 0.6 is 0 Å². The Hall–Kier alpha value is -3.73. The Morgan fingerprint density at radius 1 is 1.12 bits per heavy atom. The molecule has 3 N–H and O–H groups in total. The van der Waals surface area contributed by atoms with Crippen molar-refractivity contribution in [3.63, 3.8) is 0 Å². The van der Waals surface area contributed by atoms with Gasteiger partial charge in [-0.05, 0) is 54.7 Å². The molecule has 1 aromatic heterocycles. The molecule has 0 saturated heterocycles. The van der Waals surface area contributed by atoms with Gasteiger partial charge in [-0.2, -0.15) is 5.26 Å². The van der Waals surface area contributed by atoms with Crippen LogP contribution in [0.15, 0.2) is 72.9 Å². The van der Waals surface area contributed by atoms with Crippen LogP contribution in [0.3, 0.4) is 0 Å². The Kier molecular flexibility index (Phi) is 8.53. The van der Waals surface area contributed by atoms with E-state index in [0.29, 0.717) is 24.1 Å².